The summed E-state index contributed by atoms with van der Waals surface area (Å²) in [6, 6.07) is 9.79. The predicted octanol–water partition coefficient (Wildman–Crippen LogP) is 4.41. The molecular weight excluding hydrogens is 473 g/mol. The fourth-order valence-electron chi connectivity index (χ4n) is 2.35. The minimum atomic E-state index is 0. The molecule has 1 aliphatic rings. The number of ether oxygens (including phenoxy) is 2. The van der Waals surface area contributed by atoms with Crippen LogP contribution in [-0.4, -0.2) is 32.8 Å². The maximum absolute atomic E-state index is 5.95. The molecule has 0 unspecified atom stereocenters. The van der Waals surface area contributed by atoms with Crippen LogP contribution in [0.2, 0.25) is 4.34 Å². The van der Waals surface area contributed by atoms with Gasteiger partial charge in [0.05, 0.1) is 17.6 Å². The van der Waals surface area contributed by atoms with Crippen LogP contribution in [0.4, 0.5) is 5.69 Å². The van der Waals surface area contributed by atoms with Crippen molar-refractivity contribution in [2.75, 3.05) is 32.1 Å². The molecule has 2 N–H and O–H groups in total. The van der Waals surface area contributed by atoms with Gasteiger partial charge < -0.3 is 20.1 Å². The van der Waals surface area contributed by atoms with E-state index in [2.05, 4.69) is 21.7 Å². The Balaban J connectivity index is 0.00000225. The molecule has 136 valence electrons. The monoisotopic (exact) mass is 493 g/mol. The summed E-state index contributed by atoms with van der Waals surface area (Å²) in [5, 5.41) is 6.57. The smallest absolute Gasteiger partial charge is 0.195 e. The van der Waals surface area contributed by atoms with E-state index < -0.39 is 0 Å². The third-order valence-corrected chi connectivity index (χ3v) is 4.82. The van der Waals surface area contributed by atoms with E-state index in [1.807, 2.05) is 24.3 Å². The van der Waals surface area contributed by atoms with Crippen LogP contribution in [0.15, 0.2) is 35.3 Å². The molecule has 1 aromatic carbocycles. The molecule has 3 rings (SSSR count). The molecule has 25 heavy (non-hydrogen) atoms. The summed E-state index contributed by atoms with van der Waals surface area (Å²) in [6.45, 7) is 2.14. The van der Waals surface area contributed by atoms with Gasteiger partial charge in [-0.2, -0.15) is 0 Å². The zero-order valence-corrected chi connectivity index (χ0v) is 17.8. The number of halogens is 2. The molecule has 8 heteroatoms. The van der Waals surface area contributed by atoms with Crippen LogP contribution in [0, 0.1) is 0 Å². The summed E-state index contributed by atoms with van der Waals surface area (Å²) in [5.74, 6) is 2.27. The number of guanidine groups is 1. The molecule has 0 fully saturated rings. The number of rotatable bonds is 4. The van der Waals surface area contributed by atoms with Gasteiger partial charge in [0.2, 0.25) is 0 Å². The van der Waals surface area contributed by atoms with Gasteiger partial charge in [-0.1, -0.05) is 11.6 Å². The second-order valence-corrected chi connectivity index (χ2v) is 7.09. The first-order valence-electron chi connectivity index (χ1n) is 7.86. The zero-order valence-electron chi connectivity index (χ0n) is 13.9. The van der Waals surface area contributed by atoms with E-state index in [9.17, 15) is 0 Å². The first kappa shape index (κ1) is 20.1. The van der Waals surface area contributed by atoms with Gasteiger partial charge in [0.1, 0.15) is 0 Å². The van der Waals surface area contributed by atoms with Crippen LogP contribution in [0.25, 0.3) is 0 Å². The number of aliphatic imine (C=N–C) groups is 1. The van der Waals surface area contributed by atoms with Gasteiger partial charge in [-0.15, -0.1) is 35.3 Å². The Hall–Kier alpha value is -1.19. The average Bonchev–Trinajstić information content (AvgIpc) is 2.86. The second-order valence-electron chi connectivity index (χ2n) is 5.29. The highest BCUT2D eigenvalue weighted by Gasteiger charge is 2.11. The van der Waals surface area contributed by atoms with Crippen molar-refractivity contribution in [3.63, 3.8) is 0 Å². The molecule has 0 bridgehead atoms. The van der Waals surface area contributed by atoms with Crippen molar-refractivity contribution < 1.29 is 9.47 Å². The lowest BCUT2D eigenvalue weighted by molar-refractivity contribution is 0.297. The van der Waals surface area contributed by atoms with Crippen molar-refractivity contribution in [1.82, 2.24) is 5.32 Å². The summed E-state index contributed by atoms with van der Waals surface area (Å²) in [5.41, 5.74) is 0.909. The molecule has 0 amide bonds. The Morgan fingerprint density at radius 1 is 1.20 bits per heavy atom. The SMILES string of the molecule is CN=C(NCCc1ccc(Cl)s1)Nc1ccc2c(c1)OCCCO2.I. The molecule has 0 spiro atoms. The number of thiophene rings is 1. The number of nitrogens with zero attached hydrogens (tertiary/aromatic N) is 1. The Morgan fingerprint density at radius 2 is 2.00 bits per heavy atom. The summed E-state index contributed by atoms with van der Waals surface area (Å²) < 4.78 is 12.2. The van der Waals surface area contributed by atoms with E-state index in [0.29, 0.717) is 19.2 Å². The largest absolute Gasteiger partial charge is 0.490 e. The van der Waals surface area contributed by atoms with E-state index in [1.54, 1.807) is 18.4 Å². The van der Waals surface area contributed by atoms with Gasteiger partial charge in [0.25, 0.3) is 0 Å². The minimum Gasteiger partial charge on any atom is -0.490 e. The standard InChI is InChI=1S/C17H20ClN3O2S.HI/c1-19-17(20-8-7-13-4-6-16(18)24-13)21-12-3-5-14-15(11-12)23-10-2-9-22-14;/h3-6,11H,2,7-10H2,1H3,(H2,19,20,21);1H. The Morgan fingerprint density at radius 3 is 2.72 bits per heavy atom. The summed E-state index contributed by atoms with van der Waals surface area (Å²) >= 11 is 7.55. The minimum absolute atomic E-state index is 0. The number of hydrogen-bond donors (Lipinski definition) is 2. The number of benzene rings is 1. The lowest BCUT2D eigenvalue weighted by atomic mass is 10.2. The van der Waals surface area contributed by atoms with E-state index in [1.165, 1.54) is 4.88 Å². The molecular formula is C17H21ClIN3O2S. The van der Waals surface area contributed by atoms with Crippen LogP contribution in [0.3, 0.4) is 0 Å². The first-order chi connectivity index (χ1) is 11.7. The molecule has 0 aliphatic carbocycles. The summed E-state index contributed by atoms with van der Waals surface area (Å²) in [6.07, 6.45) is 1.80. The summed E-state index contributed by atoms with van der Waals surface area (Å²) in [7, 11) is 1.75. The third kappa shape index (κ3) is 5.93. The van der Waals surface area contributed by atoms with Gasteiger partial charge >= 0.3 is 0 Å². The first-order valence-corrected chi connectivity index (χ1v) is 9.05. The predicted molar refractivity (Wildman–Crippen MR) is 115 cm³/mol. The Labute approximate surface area is 173 Å². The molecule has 0 atom stereocenters. The molecule has 0 radical (unpaired) electrons. The van der Waals surface area contributed by atoms with E-state index in [-0.39, 0.29) is 24.0 Å². The molecule has 1 aromatic heterocycles. The zero-order chi connectivity index (χ0) is 16.8. The van der Waals surface area contributed by atoms with Gasteiger partial charge in [-0.25, -0.2) is 0 Å². The maximum Gasteiger partial charge on any atom is 0.195 e. The highest BCUT2D eigenvalue weighted by molar-refractivity contribution is 14.0. The van der Waals surface area contributed by atoms with E-state index in [4.69, 9.17) is 21.1 Å². The fraction of sp³-hybridized carbons (Fsp3) is 0.353. The molecule has 0 saturated carbocycles. The van der Waals surface area contributed by atoms with Crippen molar-refractivity contribution in [3.8, 4) is 11.5 Å². The Kier molecular flexibility index (Phi) is 8.11. The summed E-state index contributed by atoms with van der Waals surface area (Å²) in [4.78, 5) is 5.50. The molecule has 2 aromatic rings. The lowest BCUT2D eigenvalue weighted by Crippen LogP contribution is -2.32. The van der Waals surface area contributed by atoms with Crippen LogP contribution in [-0.2, 0) is 6.42 Å². The number of hydrogen-bond acceptors (Lipinski definition) is 4. The Bertz CT molecular complexity index is 724. The van der Waals surface area contributed by atoms with Crippen molar-refractivity contribution >= 4 is 58.6 Å². The topological polar surface area (TPSA) is 54.9 Å². The number of nitrogens with one attached hydrogen (secondary N) is 2. The fourth-order valence-corrected chi connectivity index (χ4v) is 3.43. The number of anilines is 1. The molecule has 0 saturated heterocycles. The number of fused-ring (bicyclic) bond motifs is 1. The van der Waals surface area contributed by atoms with E-state index in [0.717, 1.165) is 40.9 Å². The van der Waals surface area contributed by atoms with Gasteiger partial charge in [-0.05, 0) is 30.7 Å². The van der Waals surface area contributed by atoms with Crippen LogP contribution >= 0.6 is 46.9 Å². The van der Waals surface area contributed by atoms with Crippen molar-refractivity contribution in [1.29, 1.82) is 0 Å². The van der Waals surface area contributed by atoms with Crippen molar-refractivity contribution in [2.45, 2.75) is 12.8 Å². The molecule has 2 heterocycles. The lowest BCUT2D eigenvalue weighted by Gasteiger charge is -2.13. The highest BCUT2D eigenvalue weighted by atomic mass is 127. The third-order valence-electron chi connectivity index (χ3n) is 3.53. The average molecular weight is 494 g/mol. The molecule has 5 nitrogen and oxygen atoms in total. The second kappa shape index (κ2) is 10.1. The van der Waals surface area contributed by atoms with Crippen molar-refractivity contribution in [3.05, 3.63) is 39.5 Å². The quantitative estimate of drug-likeness (QED) is 0.376. The molecule has 1 aliphatic heterocycles. The van der Waals surface area contributed by atoms with Gasteiger partial charge in [-0.3, -0.25) is 4.99 Å². The highest BCUT2D eigenvalue weighted by Crippen LogP contribution is 2.32. The van der Waals surface area contributed by atoms with Gasteiger partial charge in [0.15, 0.2) is 17.5 Å². The maximum atomic E-state index is 5.95. The van der Waals surface area contributed by atoms with Crippen LogP contribution in [0.1, 0.15) is 11.3 Å². The van der Waals surface area contributed by atoms with Gasteiger partial charge in [0, 0.05) is 36.6 Å². The normalized spacial score (nSPS) is 13.6. The van der Waals surface area contributed by atoms with E-state index >= 15 is 0 Å². The van der Waals surface area contributed by atoms with Crippen LogP contribution < -0.4 is 20.1 Å². The van der Waals surface area contributed by atoms with Crippen molar-refractivity contribution in [2.24, 2.45) is 4.99 Å². The van der Waals surface area contributed by atoms with Crippen LogP contribution in [0.5, 0.6) is 11.5 Å².